The molecule has 0 spiro atoms. The first kappa shape index (κ1) is 33.3. The number of rotatable bonds is 21. The van der Waals surface area contributed by atoms with E-state index < -0.39 is 0 Å². The summed E-state index contributed by atoms with van der Waals surface area (Å²) >= 11 is 0. The van der Waals surface area contributed by atoms with E-state index in [9.17, 15) is 0 Å². The third-order valence-corrected chi connectivity index (χ3v) is 7.44. The summed E-state index contributed by atoms with van der Waals surface area (Å²) in [7, 11) is 0. The van der Waals surface area contributed by atoms with Crippen LogP contribution in [0.25, 0.3) is 0 Å². The van der Waals surface area contributed by atoms with Gasteiger partial charge in [-0.3, -0.25) is 4.99 Å². The Balaban J connectivity index is 4.68. The van der Waals surface area contributed by atoms with Crippen LogP contribution >= 0.6 is 0 Å². The molecule has 204 valence electrons. The third-order valence-electron chi connectivity index (χ3n) is 7.44. The van der Waals surface area contributed by atoms with Crippen LogP contribution in [0, 0.1) is 35.5 Å². The lowest BCUT2D eigenvalue weighted by molar-refractivity contribution is 0.318. The van der Waals surface area contributed by atoms with Gasteiger partial charge in [0.1, 0.15) is 0 Å². The van der Waals surface area contributed by atoms with E-state index >= 15 is 0 Å². The summed E-state index contributed by atoms with van der Waals surface area (Å²) in [5, 5.41) is 0. The number of hydrogen-bond donors (Lipinski definition) is 1. The van der Waals surface area contributed by atoms with Crippen LogP contribution in [0.2, 0.25) is 0 Å². The largest absolute Gasteiger partial charge is 0.370 e. The van der Waals surface area contributed by atoms with Gasteiger partial charge < -0.3 is 10.6 Å². The first-order valence-electron chi connectivity index (χ1n) is 15.1. The molecule has 0 fully saturated rings. The highest BCUT2D eigenvalue weighted by atomic mass is 15.2. The van der Waals surface area contributed by atoms with Crippen molar-refractivity contribution >= 4 is 5.96 Å². The van der Waals surface area contributed by atoms with Crippen LogP contribution in [0.1, 0.15) is 139 Å². The Labute approximate surface area is 216 Å². The van der Waals surface area contributed by atoms with Crippen LogP contribution in [-0.4, -0.2) is 30.5 Å². The third kappa shape index (κ3) is 20.6. The van der Waals surface area contributed by atoms with Gasteiger partial charge >= 0.3 is 0 Å². The maximum absolute atomic E-state index is 6.57. The van der Waals surface area contributed by atoms with E-state index in [-0.39, 0.29) is 0 Å². The normalized spacial score (nSPS) is 15.4. The van der Waals surface area contributed by atoms with Gasteiger partial charge in [-0.1, -0.05) is 120 Å². The highest BCUT2D eigenvalue weighted by molar-refractivity contribution is 5.78. The molecule has 0 saturated carbocycles. The molecule has 0 aromatic heterocycles. The SMILES string of the molecule is CC(C)CCCC(C)CCN=C(N)N(CCC(C)CCCC(C)C)CCC(C)CCCC(C)C. The van der Waals surface area contributed by atoms with Gasteiger partial charge in [0.25, 0.3) is 0 Å². The molecule has 0 rings (SSSR count). The van der Waals surface area contributed by atoms with E-state index in [1.165, 1.54) is 70.6 Å². The van der Waals surface area contributed by atoms with Crippen molar-refractivity contribution < 1.29 is 0 Å². The molecule has 34 heavy (non-hydrogen) atoms. The zero-order valence-electron chi connectivity index (χ0n) is 25.0. The van der Waals surface area contributed by atoms with Crippen molar-refractivity contribution in [1.82, 2.24) is 4.90 Å². The monoisotopic (exact) mass is 480 g/mol. The minimum absolute atomic E-state index is 0.741. The molecule has 0 aliphatic carbocycles. The standard InChI is InChI=1S/C31H65N3/c1-25(2)13-10-16-28(7)19-22-33-31(32)34(23-20-29(8)17-11-14-26(3)4)24-21-30(9)18-12-15-27(5)6/h25-30H,10-24H2,1-9H3,(H2,32,33). The molecular weight excluding hydrogens is 414 g/mol. The van der Waals surface area contributed by atoms with E-state index in [0.29, 0.717) is 0 Å². The fourth-order valence-corrected chi connectivity index (χ4v) is 4.65. The lowest BCUT2D eigenvalue weighted by atomic mass is 9.96. The molecule has 0 aliphatic heterocycles. The predicted molar refractivity (Wildman–Crippen MR) is 155 cm³/mol. The Morgan fingerprint density at radius 3 is 1.24 bits per heavy atom. The molecule has 0 aliphatic rings. The summed E-state index contributed by atoms with van der Waals surface area (Å²) in [5.74, 6) is 5.50. The summed E-state index contributed by atoms with van der Waals surface area (Å²) < 4.78 is 0. The summed E-state index contributed by atoms with van der Waals surface area (Å²) in [6, 6.07) is 0. The minimum atomic E-state index is 0.741. The Morgan fingerprint density at radius 2 is 0.882 bits per heavy atom. The zero-order valence-corrected chi connectivity index (χ0v) is 25.0. The molecule has 3 nitrogen and oxygen atoms in total. The second-order valence-corrected chi connectivity index (χ2v) is 12.9. The first-order chi connectivity index (χ1) is 16.0. The Morgan fingerprint density at radius 1 is 0.529 bits per heavy atom. The second-order valence-electron chi connectivity index (χ2n) is 12.9. The van der Waals surface area contributed by atoms with Gasteiger partial charge in [-0.15, -0.1) is 0 Å². The summed E-state index contributed by atoms with van der Waals surface area (Å²) in [6.07, 6.45) is 15.7. The van der Waals surface area contributed by atoms with E-state index in [1.54, 1.807) is 0 Å². The predicted octanol–water partition coefficient (Wildman–Crippen LogP) is 9.16. The Kier molecular flexibility index (Phi) is 20.0. The number of aliphatic imine (C=N–C) groups is 1. The molecule has 0 saturated heterocycles. The highest BCUT2D eigenvalue weighted by Gasteiger charge is 2.13. The van der Waals surface area contributed by atoms with Crippen LogP contribution in [0.4, 0.5) is 0 Å². The quantitative estimate of drug-likeness (QED) is 0.132. The molecule has 0 bridgehead atoms. The van der Waals surface area contributed by atoms with Crippen molar-refractivity contribution in [2.24, 2.45) is 46.2 Å². The number of nitrogens with zero attached hydrogens (tertiary/aromatic N) is 2. The van der Waals surface area contributed by atoms with Gasteiger partial charge in [-0.2, -0.15) is 0 Å². The zero-order chi connectivity index (χ0) is 25.9. The Hall–Kier alpha value is -0.730. The molecule has 0 amide bonds. The molecule has 0 aromatic carbocycles. The summed E-state index contributed by atoms with van der Waals surface area (Å²) in [4.78, 5) is 7.26. The topological polar surface area (TPSA) is 41.6 Å². The smallest absolute Gasteiger partial charge is 0.191 e. The maximum Gasteiger partial charge on any atom is 0.191 e. The van der Waals surface area contributed by atoms with E-state index in [0.717, 1.165) is 67.5 Å². The van der Waals surface area contributed by atoms with Crippen LogP contribution in [0.15, 0.2) is 4.99 Å². The Bertz CT molecular complexity index is 459. The average molecular weight is 480 g/mol. The van der Waals surface area contributed by atoms with E-state index in [4.69, 9.17) is 10.7 Å². The molecule has 0 aromatic rings. The van der Waals surface area contributed by atoms with Crippen molar-refractivity contribution in [3.8, 4) is 0 Å². The van der Waals surface area contributed by atoms with Gasteiger partial charge in [-0.05, 0) is 54.8 Å². The van der Waals surface area contributed by atoms with E-state index in [1.807, 2.05) is 0 Å². The number of guanidine groups is 1. The lowest BCUT2D eigenvalue weighted by Crippen LogP contribution is -2.40. The second kappa shape index (κ2) is 20.5. The van der Waals surface area contributed by atoms with Gasteiger partial charge in [-0.25, -0.2) is 0 Å². The van der Waals surface area contributed by atoms with Gasteiger partial charge in [0.15, 0.2) is 5.96 Å². The molecule has 3 unspecified atom stereocenters. The van der Waals surface area contributed by atoms with Crippen molar-refractivity contribution in [3.63, 3.8) is 0 Å². The van der Waals surface area contributed by atoms with Crippen LogP contribution in [-0.2, 0) is 0 Å². The first-order valence-corrected chi connectivity index (χ1v) is 15.1. The van der Waals surface area contributed by atoms with Gasteiger partial charge in [0.2, 0.25) is 0 Å². The molecule has 3 heteroatoms. The fourth-order valence-electron chi connectivity index (χ4n) is 4.65. The van der Waals surface area contributed by atoms with Gasteiger partial charge in [0, 0.05) is 19.6 Å². The van der Waals surface area contributed by atoms with Crippen LogP contribution in [0.5, 0.6) is 0 Å². The molecule has 2 N–H and O–H groups in total. The van der Waals surface area contributed by atoms with Crippen LogP contribution < -0.4 is 5.73 Å². The van der Waals surface area contributed by atoms with Crippen molar-refractivity contribution in [2.45, 2.75) is 139 Å². The number of nitrogens with two attached hydrogens (primary N) is 1. The fraction of sp³-hybridized carbons (Fsp3) is 0.968. The highest BCUT2D eigenvalue weighted by Crippen LogP contribution is 2.19. The van der Waals surface area contributed by atoms with Gasteiger partial charge in [0.05, 0.1) is 0 Å². The van der Waals surface area contributed by atoms with Crippen molar-refractivity contribution in [3.05, 3.63) is 0 Å². The number of hydrogen-bond acceptors (Lipinski definition) is 1. The lowest BCUT2D eigenvalue weighted by Gasteiger charge is -2.27. The minimum Gasteiger partial charge on any atom is -0.370 e. The maximum atomic E-state index is 6.57. The molecule has 3 atom stereocenters. The molecule has 0 heterocycles. The van der Waals surface area contributed by atoms with Crippen molar-refractivity contribution in [2.75, 3.05) is 19.6 Å². The molecular formula is C31H65N3. The summed E-state index contributed by atoms with van der Waals surface area (Å²) in [5.41, 5.74) is 6.57. The molecule has 0 radical (unpaired) electrons. The van der Waals surface area contributed by atoms with Crippen LogP contribution in [0.3, 0.4) is 0 Å². The van der Waals surface area contributed by atoms with Crippen molar-refractivity contribution in [1.29, 1.82) is 0 Å². The summed E-state index contributed by atoms with van der Waals surface area (Å²) in [6.45, 7) is 24.2. The average Bonchev–Trinajstić information content (AvgIpc) is 2.72. The van der Waals surface area contributed by atoms with E-state index in [2.05, 4.69) is 67.2 Å².